The van der Waals surface area contributed by atoms with E-state index in [0.29, 0.717) is 12.2 Å². The van der Waals surface area contributed by atoms with Gasteiger partial charge in [-0.1, -0.05) is 0 Å². The number of carbonyl (C=O) groups is 1. The maximum atomic E-state index is 12.2. The van der Waals surface area contributed by atoms with Gasteiger partial charge in [0.15, 0.2) is 0 Å². The van der Waals surface area contributed by atoms with Gasteiger partial charge in [-0.15, -0.1) is 0 Å². The zero-order chi connectivity index (χ0) is 12.4. The second kappa shape index (κ2) is 4.64. The molecule has 3 rings (SSSR count). The molecular weight excluding hydrogens is 230 g/mol. The molecule has 1 aliphatic heterocycles. The molecule has 2 aromatic rings. The monoisotopic (exact) mass is 245 g/mol. The van der Waals surface area contributed by atoms with Crippen molar-refractivity contribution in [3.05, 3.63) is 36.7 Å². The van der Waals surface area contributed by atoms with Gasteiger partial charge in [0, 0.05) is 19.3 Å². The van der Waals surface area contributed by atoms with Crippen LogP contribution in [0.1, 0.15) is 29.4 Å². The Morgan fingerprint density at radius 2 is 2.44 bits per heavy atom. The van der Waals surface area contributed by atoms with Crippen LogP contribution in [0.5, 0.6) is 0 Å². The second-order valence-electron chi connectivity index (χ2n) is 4.51. The number of nitrogens with one attached hydrogen (secondary N) is 1. The van der Waals surface area contributed by atoms with E-state index >= 15 is 0 Å². The van der Waals surface area contributed by atoms with E-state index in [1.807, 2.05) is 15.6 Å². The molecule has 0 radical (unpaired) electrons. The highest BCUT2D eigenvalue weighted by atomic mass is 16.2. The van der Waals surface area contributed by atoms with E-state index < -0.39 is 0 Å². The molecular formula is C12H15N5O. The predicted molar refractivity (Wildman–Crippen MR) is 65.0 cm³/mol. The SMILES string of the molecule is O=C(c1ccc[nH]1)N1CCC[C@@H](n2cncn2)C1. The van der Waals surface area contributed by atoms with Crippen molar-refractivity contribution in [3.63, 3.8) is 0 Å². The van der Waals surface area contributed by atoms with Gasteiger partial charge in [-0.25, -0.2) is 9.67 Å². The van der Waals surface area contributed by atoms with Crippen molar-refractivity contribution in [3.8, 4) is 0 Å². The lowest BCUT2D eigenvalue weighted by molar-refractivity contribution is 0.0667. The van der Waals surface area contributed by atoms with Crippen LogP contribution in [-0.4, -0.2) is 43.6 Å². The molecule has 0 bridgehead atoms. The minimum Gasteiger partial charge on any atom is -0.357 e. The van der Waals surface area contributed by atoms with Gasteiger partial charge in [-0.2, -0.15) is 5.10 Å². The minimum absolute atomic E-state index is 0.0600. The molecule has 1 atom stereocenters. The fourth-order valence-corrected chi connectivity index (χ4v) is 2.39. The molecule has 94 valence electrons. The molecule has 6 nitrogen and oxygen atoms in total. The molecule has 18 heavy (non-hydrogen) atoms. The first-order valence-corrected chi connectivity index (χ1v) is 6.11. The third-order valence-corrected chi connectivity index (χ3v) is 3.32. The molecule has 3 heterocycles. The van der Waals surface area contributed by atoms with Gasteiger partial charge in [0.25, 0.3) is 5.91 Å². The summed E-state index contributed by atoms with van der Waals surface area (Å²) in [7, 11) is 0. The van der Waals surface area contributed by atoms with Crippen molar-refractivity contribution in [2.75, 3.05) is 13.1 Å². The molecule has 6 heteroatoms. The first-order chi connectivity index (χ1) is 8.84. The van der Waals surface area contributed by atoms with Gasteiger partial charge >= 0.3 is 0 Å². The Morgan fingerprint density at radius 3 is 3.17 bits per heavy atom. The topological polar surface area (TPSA) is 66.8 Å². The first kappa shape index (κ1) is 11.0. The lowest BCUT2D eigenvalue weighted by atomic mass is 10.1. The number of hydrogen-bond donors (Lipinski definition) is 1. The Kier molecular flexibility index (Phi) is 2.84. The highest BCUT2D eigenvalue weighted by Gasteiger charge is 2.26. The Hall–Kier alpha value is -2.11. The lowest BCUT2D eigenvalue weighted by Crippen LogP contribution is -2.41. The number of aromatic amines is 1. The number of rotatable bonds is 2. The quantitative estimate of drug-likeness (QED) is 0.861. The van der Waals surface area contributed by atoms with Crippen LogP contribution in [0.25, 0.3) is 0 Å². The van der Waals surface area contributed by atoms with Crippen molar-refractivity contribution in [2.45, 2.75) is 18.9 Å². The number of piperidine rings is 1. The number of aromatic nitrogens is 4. The summed E-state index contributed by atoms with van der Waals surface area (Å²) in [4.78, 5) is 21.0. The van der Waals surface area contributed by atoms with E-state index in [1.54, 1.807) is 18.6 Å². The molecule has 1 saturated heterocycles. The van der Waals surface area contributed by atoms with Crippen molar-refractivity contribution < 1.29 is 4.79 Å². The summed E-state index contributed by atoms with van der Waals surface area (Å²) in [6.45, 7) is 1.50. The van der Waals surface area contributed by atoms with Crippen LogP contribution in [0.15, 0.2) is 31.0 Å². The first-order valence-electron chi connectivity index (χ1n) is 6.11. The Labute approximate surface area is 105 Å². The van der Waals surface area contributed by atoms with Crippen molar-refractivity contribution in [1.82, 2.24) is 24.6 Å². The predicted octanol–water partition coefficient (Wildman–Crippen LogP) is 1.08. The summed E-state index contributed by atoms with van der Waals surface area (Å²) in [6.07, 6.45) is 7.06. The Balaban J connectivity index is 1.73. The summed E-state index contributed by atoms with van der Waals surface area (Å²) in [5, 5.41) is 4.16. The van der Waals surface area contributed by atoms with Crippen LogP contribution in [0.3, 0.4) is 0 Å². The third kappa shape index (κ3) is 2.01. The highest BCUT2D eigenvalue weighted by molar-refractivity contribution is 5.92. The normalized spacial score (nSPS) is 20.0. The number of likely N-dealkylation sites (tertiary alicyclic amines) is 1. The molecule has 0 unspecified atom stereocenters. The summed E-state index contributed by atoms with van der Waals surface area (Å²) in [5.41, 5.74) is 0.647. The molecule has 2 aromatic heterocycles. The van der Waals surface area contributed by atoms with Gasteiger partial charge < -0.3 is 9.88 Å². The molecule has 1 fully saturated rings. The largest absolute Gasteiger partial charge is 0.357 e. The summed E-state index contributed by atoms with van der Waals surface area (Å²) in [5.74, 6) is 0.0600. The molecule has 0 spiro atoms. The zero-order valence-electron chi connectivity index (χ0n) is 9.99. The summed E-state index contributed by atoms with van der Waals surface area (Å²) in [6, 6.07) is 3.88. The Morgan fingerprint density at radius 1 is 1.50 bits per heavy atom. The van der Waals surface area contributed by atoms with E-state index in [1.165, 1.54) is 6.33 Å². The molecule has 1 amide bonds. The smallest absolute Gasteiger partial charge is 0.270 e. The second-order valence-corrected chi connectivity index (χ2v) is 4.51. The lowest BCUT2D eigenvalue weighted by Gasteiger charge is -2.32. The van der Waals surface area contributed by atoms with E-state index in [0.717, 1.165) is 19.4 Å². The van der Waals surface area contributed by atoms with Crippen LogP contribution in [0.4, 0.5) is 0 Å². The van der Waals surface area contributed by atoms with E-state index in [9.17, 15) is 4.79 Å². The van der Waals surface area contributed by atoms with Crippen LogP contribution in [-0.2, 0) is 0 Å². The highest BCUT2D eigenvalue weighted by Crippen LogP contribution is 2.21. The van der Waals surface area contributed by atoms with Crippen molar-refractivity contribution >= 4 is 5.91 Å². The Bertz CT molecular complexity index is 505. The van der Waals surface area contributed by atoms with E-state index in [2.05, 4.69) is 15.1 Å². The molecule has 0 aliphatic carbocycles. The summed E-state index contributed by atoms with van der Waals surface area (Å²) < 4.78 is 1.84. The van der Waals surface area contributed by atoms with Crippen LogP contribution in [0.2, 0.25) is 0 Å². The number of hydrogen-bond acceptors (Lipinski definition) is 3. The van der Waals surface area contributed by atoms with Crippen LogP contribution < -0.4 is 0 Å². The average molecular weight is 245 g/mol. The van der Waals surface area contributed by atoms with Crippen LogP contribution in [0, 0.1) is 0 Å². The average Bonchev–Trinajstić information content (AvgIpc) is 3.11. The fourth-order valence-electron chi connectivity index (χ4n) is 2.39. The maximum Gasteiger partial charge on any atom is 0.270 e. The van der Waals surface area contributed by atoms with Gasteiger partial charge in [0.2, 0.25) is 0 Å². The van der Waals surface area contributed by atoms with Gasteiger partial charge in [0.05, 0.1) is 6.04 Å². The molecule has 0 aromatic carbocycles. The van der Waals surface area contributed by atoms with Gasteiger partial charge in [0.1, 0.15) is 18.3 Å². The standard InChI is InChI=1S/C12H15N5O/c18-12(11-4-1-5-14-11)16-6-2-3-10(7-16)17-9-13-8-15-17/h1,4-5,8-10,14H,2-3,6-7H2/t10-/m1/s1. The number of H-pyrrole nitrogens is 1. The number of nitrogens with zero attached hydrogens (tertiary/aromatic N) is 4. The van der Waals surface area contributed by atoms with Crippen LogP contribution >= 0.6 is 0 Å². The van der Waals surface area contributed by atoms with Gasteiger partial charge in [-0.05, 0) is 25.0 Å². The number of amides is 1. The molecule has 0 saturated carbocycles. The van der Waals surface area contributed by atoms with Crippen molar-refractivity contribution in [2.24, 2.45) is 0 Å². The molecule has 1 N–H and O–H groups in total. The molecule has 1 aliphatic rings. The van der Waals surface area contributed by atoms with E-state index in [4.69, 9.17) is 0 Å². The minimum atomic E-state index is 0.0600. The fraction of sp³-hybridized carbons (Fsp3) is 0.417. The number of carbonyl (C=O) groups excluding carboxylic acids is 1. The zero-order valence-corrected chi connectivity index (χ0v) is 9.99. The summed E-state index contributed by atoms with van der Waals surface area (Å²) >= 11 is 0. The van der Waals surface area contributed by atoms with Gasteiger partial charge in [-0.3, -0.25) is 4.79 Å². The van der Waals surface area contributed by atoms with Crippen molar-refractivity contribution in [1.29, 1.82) is 0 Å². The maximum absolute atomic E-state index is 12.2. The third-order valence-electron chi connectivity index (χ3n) is 3.32. The van der Waals surface area contributed by atoms with E-state index in [-0.39, 0.29) is 11.9 Å².